The molecule has 0 aliphatic rings. The number of aromatic nitrogens is 2. The van der Waals surface area contributed by atoms with Crippen LogP contribution in [-0.2, 0) is 9.59 Å². The highest BCUT2D eigenvalue weighted by atomic mass is 16.5. The molecule has 190 valence electrons. The van der Waals surface area contributed by atoms with Gasteiger partial charge in [-0.25, -0.2) is 0 Å². The van der Waals surface area contributed by atoms with Crippen molar-refractivity contribution in [2.24, 2.45) is 5.92 Å². The molecule has 0 spiro atoms. The van der Waals surface area contributed by atoms with Crippen molar-refractivity contribution in [2.75, 3.05) is 7.11 Å². The molecule has 2 atom stereocenters. The van der Waals surface area contributed by atoms with E-state index in [-0.39, 0.29) is 17.9 Å². The van der Waals surface area contributed by atoms with E-state index in [9.17, 15) is 19.5 Å². The summed E-state index contributed by atoms with van der Waals surface area (Å²) in [6, 6.07) is 9.16. The molecule has 0 saturated carbocycles. The summed E-state index contributed by atoms with van der Waals surface area (Å²) in [5.74, 6) is -0.680. The highest BCUT2D eigenvalue weighted by molar-refractivity contribution is 5.82. The molecule has 8 nitrogen and oxygen atoms in total. The number of aliphatic carboxylic acids is 1. The second kappa shape index (κ2) is 11.7. The van der Waals surface area contributed by atoms with Crippen LogP contribution in [0.5, 0.6) is 5.75 Å². The van der Waals surface area contributed by atoms with Crippen molar-refractivity contribution >= 4 is 11.9 Å². The number of methoxy groups -OCH3 is 1. The first-order valence-corrected chi connectivity index (χ1v) is 11.9. The smallest absolute Gasteiger partial charge is 0.305 e. The van der Waals surface area contributed by atoms with Gasteiger partial charge >= 0.3 is 5.97 Å². The minimum atomic E-state index is -1.06. The Morgan fingerprint density at radius 3 is 2.53 bits per heavy atom. The molecule has 1 amide bonds. The Bertz CT molecular complexity index is 1300. The van der Waals surface area contributed by atoms with Gasteiger partial charge in [0.1, 0.15) is 11.8 Å². The van der Waals surface area contributed by atoms with Crippen LogP contribution in [0.15, 0.2) is 59.8 Å². The van der Waals surface area contributed by atoms with Crippen LogP contribution >= 0.6 is 0 Å². The van der Waals surface area contributed by atoms with E-state index in [0.29, 0.717) is 17.7 Å². The fourth-order valence-electron chi connectivity index (χ4n) is 4.30. The first kappa shape index (κ1) is 26.7. The molecule has 2 N–H and O–H groups in total. The second-order valence-electron chi connectivity index (χ2n) is 9.41. The van der Waals surface area contributed by atoms with E-state index in [1.165, 1.54) is 10.6 Å². The number of rotatable bonds is 10. The van der Waals surface area contributed by atoms with Crippen LogP contribution in [0, 0.1) is 19.8 Å². The van der Waals surface area contributed by atoms with E-state index in [2.05, 4.69) is 10.3 Å². The fourth-order valence-corrected chi connectivity index (χ4v) is 4.30. The van der Waals surface area contributed by atoms with E-state index in [1.807, 2.05) is 52.0 Å². The summed E-state index contributed by atoms with van der Waals surface area (Å²) in [5, 5.41) is 12.5. The van der Waals surface area contributed by atoms with Gasteiger partial charge in [0.05, 0.1) is 19.6 Å². The van der Waals surface area contributed by atoms with Gasteiger partial charge in [-0.1, -0.05) is 26.0 Å². The first-order chi connectivity index (χ1) is 17.1. The molecular weight excluding hydrogens is 458 g/mol. The maximum atomic E-state index is 13.5. The predicted octanol–water partition coefficient (Wildman–Crippen LogP) is 4.46. The van der Waals surface area contributed by atoms with E-state index in [4.69, 9.17) is 4.74 Å². The molecule has 36 heavy (non-hydrogen) atoms. The van der Waals surface area contributed by atoms with Crippen LogP contribution in [0.2, 0.25) is 0 Å². The third-order valence-electron chi connectivity index (χ3n) is 6.04. The standard InChI is InChI=1S/C28H33N3O5/c1-17(2)11-23(31-10-9-18(3)12-25(31)32)28(35)30-22(14-26(33)34)20-13-21(16-29-15-20)27-19(4)7-6-8-24(27)36-5/h6-10,12-13,15-17,22-23H,11,14H2,1-5H3,(H,30,35)(H,33,34)/t22-,23-/m0/s1. The minimum absolute atomic E-state index is 0.130. The molecule has 0 fully saturated rings. The molecule has 3 rings (SSSR count). The predicted molar refractivity (Wildman–Crippen MR) is 138 cm³/mol. The van der Waals surface area contributed by atoms with E-state index in [0.717, 1.165) is 22.3 Å². The Hall–Kier alpha value is -3.94. The van der Waals surface area contributed by atoms with Crippen molar-refractivity contribution in [3.63, 3.8) is 0 Å². The number of amides is 1. The van der Waals surface area contributed by atoms with Gasteiger partial charge in [-0.2, -0.15) is 0 Å². The second-order valence-corrected chi connectivity index (χ2v) is 9.41. The number of hydrogen-bond donors (Lipinski definition) is 2. The number of pyridine rings is 2. The van der Waals surface area contributed by atoms with Gasteiger partial charge < -0.3 is 19.7 Å². The maximum absolute atomic E-state index is 13.5. The third-order valence-corrected chi connectivity index (χ3v) is 6.04. The van der Waals surface area contributed by atoms with Crippen molar-refractivity contribution in [2.45, 2.75) is 52.6 Å². The molecule has 0 saturated heterocycles. The number of nitrogens with zero attached hydrogens (tertiary/aromatic N) is 2. The normalized spacial score (nSPS) is 12.7. The number of carboxylic acid groups (broad SMARTS) is 1. The number of carbonyl (C=O) groups is 2. The van der Waals surface area contributed by atoms with Gasteiger partial charge in [-0.3, -0.25) is 19.4 Å². The Kier molecular flexibility index (Phi) is 8.64. The van der Waals surface area contributed by atoms with Gasteiger partial charge in [-0.05, 0) is 61.1 Å². The molecule has 3 aromatic rings. The summed E-state index contributed by atoms with van der Waals surface area (Å²) in [6.07, 6.45) is 4.94. The van der Waals surface area contributed by atoms with Crippen LogP contribution in [0.1, 0.15) is 55.5 Å². The molecule has 1 aromatic carbocycles. The van der Waals surface area contributed by atoms with Crippen molar-refractivity contribution in [3.8, 4) is 16.9 Å². The van der Waals surface area contributed by atoms with Crippen molar-refractivity contribution in [3.05, 3.63) is 82.0 Å². The molecule has 8 heteroatoms. The zero-order valence-corrected chi connectivity index (χ0v) is 21.3. The summed E-state index contributed by atoms with van der Waals surface area (Å²) in [7, 11) is 1.59. The number of carboxylic acids is 1. The molecular formula is C28H33N3O5. The average molecular weight is 492 g/mol. The number of aryl methyl sites for hydroxylation is 2. The number of nitrogens with one attached hydrogen (secondary N) is 1. The number of benzene rings is 1. The largest absolute Gasteiger partial charge is 0.496 e. The number of hydrogen-bond acceptors (Lipinski definition) is 5. The van der Waals surface area contributed by atoms with Gasteiger partial charge in [0, 0.05) is 35.8 Å². The fraction of sp³-hybridized carbons (Fsp3) is 0.357. The van der Waals surface area contributed by atoms with Crippen molar-refractivity contribution in [1.82, 2.24) is 14.9 Å². The summed E-state index contributed by atoms with van der Waals surface area (Å²) in [4.78, 5) is 42.2. The molecule has 0 bridgehead atoms. The monoisotopic (exact) mass is 491 g/mol. The van der Waals surface area contributed by atoms with Crippen LogP contribution < -0.4 is 15.6 Å². The lowest BCUT2D eigenvalue weighted by Gasteiger charge is -2.25. The first-order valence-electron chi connectivity index (χ1n) is 11.9. The Morgan fingerprint density at radius 2 is 1.89 bits per heavy atom. The summed E-state index contributed by atoms with van der Waals surface area (Å²) in [6.45, 7) is 7.71. The SMILES string of the molecule is COc1cccc(C)c1-c1cncc([C@H](CC(=O)O)NC(=O)[C@H](CC(C)C)n2ccc(C)cc2=O)c1. The van der Waals surface area contributed by atoms with Crippen molar-refractivity contribution in [1.29, 1.82) is 0 Å². The quantitative estimate of drug-likeness (QED) is 0.433. The Labute approximate surface area is 211 Å². The van der Waals surface area contributed by atoms with Gasteiger partial charge in [0.15, 0.2) is 0 Å². The molecule has 0 radical (unpaired) electrons. The average Bonchev–Trinajstić information content (AvgIpc) is 2.82. The lowest BCUT2D eigenvalue weighted by atomic mass is 9.96. The highest BCUT2D eigenvalue weighted by Gasteiger charge is 2.27. The van der Waals surface area contributed by atoms with Crippen LogP contribution in [-0.4, -0.2) is 33.6 Å². The number of ether oxygens (including phenoxy) is 1. The zero-order valence-electron chi connectivity index (χ0n) is 21.3. The topological polar surface area (TPSA) is 111 Å². The van der Waals surface area contributed by atoms with E-state index in [1.54, 1.807) is 31.8 Å². The Morgan fingerprint density at radius 1 is 1.14 bits per heavy atom. The Balaban J connectivity index is 2.00. The van der Waals surface area contributed by atoms with Crippen LogP contribution in [0.25, 0.3) is 11.1 Å². The minimum Gasteiger partial charge on any atom is -0.496 e. The molecule has 0 aliphatic heterocycles. The summed E-state index contributed by atoms with van der Waals surface area (Å²) >= 11 is 0. The summed E-state index contributed by atoms with van der Waals surface area (Å²) in [5.41, 5.74) is 3.65. The van der Waals surface area contributed by atoms with Crippen molar-refractivity contribution < 1.29 is 19.4 Å². The van der Waals surface area contributed by atoms with Gasteiger partial charge in [0.25, 0.3) is 5.56 Å². The number of carbonyl (C=O) groups excluding carboxylic acids is 1. The van der Waals surface area contributed by atoms with E-state index >= 15 is 0 Å². The molecule has 0 unspecified atom stereocenters. The van der Waals surface area contributed by atoms with Gasteiger partial charge in [-0.15, -0.1) is 0 Å². The zero-order chi connectivity index (χ0) is 26.4. The maximum Gasteiger partial charge on any atom is 0.305 e. The van der Waals surface area contributed by atoms with Crippen LogP contribution in [0.4, 0.5) is 0 Å². The van der Waals surface area contributed by atoms with Crippen LogP contribution in [0.3, 0.4) is 0 Å². The third kappa shape index (κ3) is 6.38. The molecule has 0 aliphatic carbocycles. The van der Waals surface area contributed by atoms with E-state index < -0.39 is 24.0 Å². The lowest BCUT2D eigenvalue weighted by Crippen LogP contribution is -2.40. The highest BCUT2D eigenvalue weighted by Crippen LogP contribution is 2.34. The summed E-state index contributed by atoms with van der Waals surface area (Å²) < 4.78 is 6.93. The molecule has 2 aromatic heterocycles. The molecule has 2 heterocycles. The van der Waals surface area contributed by atoms with Gasteiger partial charge in [0.2, 0.25) is 5.91 Å². The lowest BCUT2D eigenvalue weighted by molar-refractivity contribution is -0.138.